The van der Waals surface area contributed by atoms with Gasteiger partial charge < -0.3 is 15.5 Å². The molecule has 4 aromatic carbocycles. The van der Waals surface area contributed by atoms with Gasteiger partial charge in [0.05, 0.1) is 0 Å². The molecule has 2 aliphatic heterocycles. The van der Waals surface area contributed by atoms with Gasteiger partial charge in [-0.15, -0.1) is 0 Å². The minimum absolute atomic E-state index is 0.366. The Labute approximate surface area is 290 Å². The maximum Gasteiger partial charge on any atom is 0.0316 e. The Hall–Kier alpha value is -2.67. The first-order chi connectivity index (χ1) is 22.4. The zero-order chi connectivity index (χ0) is 31.7. The lowest BCUT2D eigenvalue weighted by atomic mass is 9.92. The van der Waals surface area contributed by atoms with Crippen LogP contribution in [0.3, 0.4) is 0 Å². The Balaban J connectivity index is 0.000000147. The van der Waals surface area contributed by atoms with E-state index in [0.717, 1.165) is 29.4 Å². The van der Waals surface area contributed by atoms with Gasteiger partial charge in [-0.25, -0.2) is 0 Å². The Kier molecular flexibility index (Phi) is 9.33. The van der Waals surface area contributed by atoms with Gasteiger partial charge in [-0.1, -0.05) is 98.8 Å². The highest BCUT2D eigenvalue weighted by molar-refractivity contribution is 14.1. The molecule has 0 spiro atoms. The van der Waals surface area contributed by atoms with E-state index in [1.54, 1.807) is 5.56 Å². The lowest BCUT2D eigenvalue weighted by Crippen LogP contribution is -2.30. The Bertz CT molecular complexity index is 1460. The summed E-state index contributed by atoms with van der Waals surface area (Å²) in [6, 6.07) is 39.4. The fraction of sp³-hybridized carbons (Fsp3) is 0.429. The lowest BCUT2D eigenvalue weighted by Gasteiger charge is -2.24. The van der Waals surface area contributed by atoms with Crippen molar-refractivity contribution in [1.29, 1.82) is 0 Å². The van der Waals surface area contributed by atoms with Gasteiger partial charge in [-0.2, -0.15) is 0 Å². The Morgan fingerprint density at radius 1 is 0.587 bits per heavy atom. The van der Waals surface area contributed by atoms with Crippen LogP contribution in [0.15, 0.2) is 109 Å². The van der Waals surface area contributed by atoms with Crippen LogP contribution in [0.5, 0.6) is 0 Å². The molecule has 240 valence electrons. The molecule has 2 aliphatic carbocycles. The van der Waals surface area contributed by atoms with Crippen LogP contribution in [0.25, 0.3) is 0 Å². The highest BCUT2D eigenvalue weighted by Crippen LogP contribution is 2.64. The van der Waals surface area contributed by atoms with E-state index < -0.39 is 0 Å². The number of nitrogens with zero attached hydrogens (tertiary/aromatic N) is 2. The molecule has 0 radical (unpaired) electrons. The summed E-state index contributed by atoms with van der Waals surface area (Å²) in [4.78, 5) is 5.35. The SMILES string of the molecule is CC1(c2cccc(I)c2)C2CN(CCCc3ccccc3)CC21.CC1(c2cccc(N)c2)C2CN(CCCc3ccccc3)CC21. The maximum absolute atomic E-state index is 5.97. The number of halogens is 1. The van der Waals surface area contributed by atoms with Crippen LogP contribution in [0.1, 0.15) is 48.9 Å². The minimum atomic E-state index is 0.366. The van der Waals surface area contributed by atoms with E-state index in [1.165, 1.54) is 85.2 Å². The van der Waals surface area contributed by atoms with Gasteiger partial charge in [0, 0.05) is 46.3 Å². The van der Waals surface area contributed by atoms with Crippen molar-refractivity contribution < 1.29 is 0 Å². The van der Waals surface area contributed by atoms with Crippen LogP contribution < -0.4 is 5.73 Å². The van der Waals surface area contributed by atoms with Crippen molar-refractivity contribution in [3.05, 3.63) is 135 Å². The highest BCUT2D eigenvalue weighted by Gasteiger charge is 2.66. The second-order valence-corrected chi connectivity index (χ2v) is 16.1. The molecule has 8 rings (SSSR count). The van der Waals surface area contributed by atoms with E-state index in [4.69, 9.17) is 5.73 Å². The highest BCUT2D eigenvalue weighted by atomic mass is 127. The van der Waals surface area contributed by atoms with Crippen LogP contribution in [0.2, 0.25) is 0 Å². The van der Waals surface area contributed by atoms with Crippen molar-refractivity contribution in [3.8, 4) is 0 Å². The van der Waals surface area contributed by atoms with Gasteiger partial charge in [0.1, 0.15) is 0 Å². The number of aryl methyl sites for hydroxylation is 2. The van der Waals surface area contributed by atoms with Crippen LogP contribution in [0, 0.1) is 27.2 Å². The molecule has 0 bridgehead atoms. The van der Waals surface area contributed by atoms with Crippen LogP contribution in [0.4, 0.5) is 5.69 Å². The van der Waals surface area contributed by atoms with Crippen molar-refractivity contribution in [1.82, 2.24) is 9.80 Å². The normalized spacial score (nSPS) is 29.5. The van der Waals surface area contributed by atoms with Crippen LogP contribution in [-0.2, 0) is 23.7 Å². The van der Waals surface area contributed by atoms with Crippen molar-refractivity contribution in [3.63, 3.8) is 0 Å². The second-order valence-electron chi connectivity index (χ2n) is 14.8. The lowest BCUT2D eigenvalue weighted by molar-refractivity contribution is 0.274. The third-order valence-corrected chi connectivity index (χ3v) is 12.8. The standard InChI is InChI=1S/C21H24IN.C21H26N2/c2*1-21(17-10-5-11-18(22)13-17)19-14-23(15-20(19)21)12-6-9-16-7-3-2-4-8-16/h2-5,7-8,10-11,13,19-20H,6,9,12,14-15H2,1H3;2-5,7-8,10-11,13,19-20H,6,9,12,14-15,22H2,1H3. The molecule has 2 N–H and O–H groups in total. The summed E-state index contributed by atoms with van der Waals surface area (Å²) in [6.45, 7) is 12.5. The maximum atomic E-state index is 5.97. The summed E-state index contributed by atoms with van der Waals surface area (Å²) < 4.78 is 1.37. The quantitative estimate of drug-likeness (QED) is 0.132. The first-order valence-corrected chi connectivity index (χ1v) is 18.6. The fourth-order valence-corrected chi connectivity index (χ4v) is 9.69. The first-order valence-electron chi connectivity index (χ1n) is 17.5. The van der Waals surface area contributed by atoms with Crippen LogP contribution in [-0.4, -0.2) is 49.1 Å². The second kappa shape index (κ2) is 13.4. The van der Waals surface area contributed by atoms with E-state index in [1.807, 2.05) is 6.07 Å². The van der Waals surface area contributed by atoms with E-state index >= 15 is 0 Å². The monoisotopic (exact) mass is 723 g/mol. The number of nitrogens with two attached hydrogens (primary N) is 1. The van der Waals surface area contributed by atoms with Crippen molar-refractivity contribution in [2.24, 2.45) is 23.7 Å². The van der Waals surface area contributed by atoms with Crippen molar-refractivity contribution in [2.45, 2.75) is 50.4 Å². The van der Waals surface area contributed by atoms with E-state index in [2.05, 4.69) is 149 Å². The average molecular weight is 724 g/mol. The Morgan fingerprint density at radius 3 is 1.46 bits per heavy atom. The molecule has 2 saturated heterocycles. The molecule has 4 atom stereocenters. The molecule has 2 saturated carbocycles. The van der Waals surface area contributed by atoms with Gasteiger partial charge in [0.2, 0.25) is 0 Å². The molecule has 4 aliphatic rings. The predicted molar refractivity (Wildman–Crippen MR) is 201 cm³/mol. The van der Waals surface area contributed by atoms with Gasteiger partial charge in [-0.05, 0) is 132 Å². The smallest absolute Gasteiger partial charge is 0.0316 e. The summed E-state index contributed by atoms with van der Waals surface area (Å²) in [5.74, 6) is 3.39. The summed E-state index contributed by atoms with van der Waals surface area (Å²) >= 11 is 2.43. The summed E-state index contributed by atoms with van der Waals surface area (Å²) in [5.41, 5.74) is 13.6. The van der Waals surface area contributed by atoms with Gasteiger partial charge in [0.25, 0.3) is 0 Å². The summed E-state index contributed by atoms with van der Waals surface area (Å²) in [6.07, 6.45) is 4.95. The van der Waals surface area contributed by atoms with E-state index in [0.29, 0.717) is 10.8 Å². The van der Waals surface area contributed by atoms with Gasteiger partial charge in [-0.3, -0.25) is 0 Å². The number of fused-ring (bicyclic) bond motifs is 2. The number of benzene rings is 4. The number of nitrogen functional groups attached to an aromatic ring is 1. The number of hydrogen-bond acceptors (Lipinski definition) is 3. The number of piperidine rings is 2. The van der Waals surface area contributed by atoms with Gasteiger partial charge >= 0.3 is 0 Å². The largest absolute Gasteiger partial charge is 0.399 e. The fourth-order valence-electron chi connectivity index (χ4n) is 9.15. The number of rotatable bonds is 10. The zero-order valence-corrected chi connectivity index (χ0v) is 29.8. The molecule has 46 heavy (non-hydrogen) atoms. The summed E-state index contributed by atoms with van der Waals surface area (Å²) in [7, 11) is 0. The van der Waals surface area contributed by atoms with Crippen molar-refractivity contribution >= 4 is 28.3 Å². The predicted octanol–water partition coefficient (Wildman–Crippen LogP) is 8.46. The molecule has 3 nitrogen and oxygen atoms in total. The summed E-state index contributed by atoms with van der Waals surface area (Å²) in [5, 5.41) is 0. The van der Waals surface area contributed by atoms with Crippen molar-refractivity contribution in [2.75, 3.05) is 45.0 Å². The molecular weight excluding hydrogens is 673 g/mol. The number of anilines is 1. The minimum Gasteiger partial charge on any atom is -0.399 e. The topological polar surface area (TPSA) is 32.5 Å². The Morgan fingerprint density at radius 2 is 1.02 bits per heavy atom. The molecule has 4 unspecified atom stereocenters. The third-order valence-electron chi connectivity index (χ3n) is 12.2. The molecule has 4 heteroatoms. The molecular formula is C42H50IN3. The number of likely N-dealkylation sites (tertiary alicyclic amines) is 2. The van der Waals surface area contributed by atoms with E-state index in [-0.39, 0.29) is 0 Å². The molecule has 2 heterocycles. The third kappa shape index (κ3) is 6.55. The average Bonchev–Trinajstić information content (AvgIpc) is 3.55. The molecule has 4 aromatic rings. The first kappa shape index (κ1) is 31.9. The zero-order valence-electron chi connectivity index (χ0n) is 27.6. The van der Waals surface area contributed by atoms with Crippen LogP contribution >= 0.6 is 22.6 Å². The van der Waals surface area contributed by atoms with Gasteiger partial charge in [0.15, 0.2) is 0 Å². The molecule has 4 fully saturated rings. The number of hydrogen-bond donors (Lipinski definition) is 1. The van der Waals surface area contributed by atoms with E-state index in [9.17, 15) is 0 Å². The molecule has 0 amide bonds. The molecule has 0 aromatic heterocycles.